The summed E-state index contributed by atoms with van der Waals surface area (Å²) in [5.41, 5.74) is 2.89. The average molecular weight is 454 g/mol. The maximum absolute atomic E-state index is 13.1. The molecule has 0 N–H and O–H groups in total. The number of nitrogens with zero attached hydrogens (tertiary/aromatic N) is 2. The molecular formula is C27H22N2O5. The molecule has 0 saturated heterocycles. The van der Waals surface area contributed by atoms with Crippen molar-refractivity contribution in [3.8, 4) is 23.0 Å². The number of aryl methyl sites for hydroxylation is 1. The molecule has 7 heteroatoms. The van der Waals surface area contributed by atoms with E-state index in [1.165, 1.54) is 18.9 Å². The van der Waals surface area contributed by atoms with E-state index in [2.05, 4.69) is 9.97 Å². The number of carbonyl (C=O) groups is 2. The largest absolute Gasteiger partial charge is 0.464 e. The Morgan fingerprint density at radius 1 is 0.971 bits per heavy atom. The van der Waals surface area contributed by atoms with Gasteiger partial charge in [-0.3, -0.25) is 4.79 Å². The molecule has 0 amide bonds. The van der Waals surface area contributed by atoms with Crippen LogP contribution in [0.5, 0.6) is 11.5 Å². The SMILES string of the molecule is COC(=O)c1cccc(-c2cnc(C(=O)[C@@H]3CCc4cc(Oc5ccccc5)ccc4C3)o2)n1. The highest BCUT2D eigenvalue weighted by Crippen LogP contribution is 2.32. The van der Waals surface area contributed by atoms with Crippen molar-refractivity contribution in [2.45, 2.75) is 19.3 Å². The van der Waals surface area contributed by atoms with E-state index in [0.29, 0.717) is 24.3 Å². The van der Waals surface area contributed by atoms with Gasteiger partial charge >= 0.3 is 5.97 Å². The molecule has 0 spiro atoms. The van der Waals surface area contributed by atoms with Gasteiger partial charge in [0.05, 0.1) is 13.3 Å². The first-order valence-electron chi connectivity index (χ1n) is 11.0. The van der Waals surface area contributed by atoms with Crippen LogP contribution in [0.15, 0.2) is 77.3 Å². The van der Waals surface area contributed by atoms with E-state index in [0.717, 1.165) is 23.5 Å². The second kappa shape index (κ2) is 9.31. The molecule has 7 nitrogen and oxygen atoms in total. The van der Waals surface area contributed by atoms with Gasteiger partial charge in [-0.25, -0.2) is 14.8 Å². The van der Waals surface area contributed by atoms with Gasteiger partial charge in [-0.1, -0.05) is 30.3 Å². The van der Waals surface area contributed by atoms with Crippen LogP contribution in [0.25, 0.3) is 11.5 Å². The molecule has 0 unspecified atom stereocenters. The molecule has 0 aliphatic heterocycles. The fraction of sp³-hybridized carbons (Fsp3) is 0.185. The minimum Gasteiger partial charge on any atom is -0.464 e. The topological polar surface area (TPSA) is 91.5 Å². The van der Waals surface area contributed by atoms with Gasteiger partial charge in [0.15, 0.2) is 5.76 Å². The molecule has 0 saturated carbocycles. The Morgan fingerprint density at radius 2 is 1.82 bits per heavy atom. The highest BCUT2D eigenvalue weighted by molar-refractivity contribution is 5.94. The van der Waals surface area contributed by atoms with Crippen molar-refractivity contribution in [3.05, 3.63) is 95.6 Å². The number of hydrogen-bond donors (Lipinski definition) is 0. The van der Waals surface area contributed by atoms with Gasteiger partial charge in [-0.15, -0.1) is 0 Å². The van der Waals surface area contributed by atoms with Crippen LogP contribution >= 0.6 is 0 Å². The van der Waals surface area contributed by atoms with E-state index < -0.39 is 5.97 Å². The predicted octanol–water partition coefficient (Wildman–Crippen LogP) is 5.30. The second-order valence-electron chi connectivity index (χ2n) is 8.08. The number of pyridine rings is 1. The van der Waals surface area contributed by atoms with E-state index in [9.17, 15) is 9.59 Å². The number of oxazole rings is 1. The summed E-state index contributed by atoms with van der Waals surface area (Å²) in [7, 11) is 1.29. The van der Waals surface area contributed by atoms with Crippen molar-refractivity contribution in [1.29, 1.82) is 0 Å². The maximum atomic E-state index is 13.1. The van der Waals surface area contributed by atoms with Gasteiger partial charge in [-0.05, 0) is 66.8 Å². The Bertz CT molecular complexity index is 1350. The van der Waals surface area contributed by atoms with Crippen molar-refractivity contribution in [2.75, 3.05) is 7.11 Å². The number of fused-ring (bicyclic) bond motifs is 1. The summed E-state index contributed by atoms with van der Waals surface area (Å²) in [6.07, 6.45) is 3.55. The van der Waals surface area contributed by atoms with Crippen molar-refractivity contribution in [2.24, 2.45) is 5.92 Å². The quantitative estimate of drug-likeness (QED) is 0.288. The number of hydrogen-bond acceptors (Lipinski definition) is 7. The highest BCUT2D eigenvalue weighted by Gasteiger charge is 2.29. The number of Topliss-reactive ketones (excluding diaryl/α,β-unsaturated/α-hetero) is 1. The number of benzene rings is 2. The Hall–Kier alpha value is -4.26. The molecule has 1 aliphatic carbocycles. The third-order valence-electron chi connectivity index (χ3n) is 5.87. The zero-order valence-corrected chi connectivity index (χ0v) is 18.6. The maximum Gasteiger partial charge on any atom is 0.356 e. The molecule has 0 radical (unpaired) electrons. The van der Waals surface area contributed by atoms with Crippen LogP contribution in [0.4, 0.5) is 0 Å². The lowest BCUT2D eigenvalue weighted by Gasteiger charge is -2.23. The first kappa shape index (κ1) is 21.6. The fourth-order valence-corrected chi connectivity index (χ4v) is 4.11. The molecule has 5 rings (SSSR count). The number of ether oxygens (including phenoxy) is 2. The number of ketones is 1. The monoisotopic (exact) mass is 454 g/mol. The van der Waals surface area contributed by atoms with Crippen LogP contribution in [0.2, 0.25) is 0 Å². The zero-order chi connectivity index (χ0) is 23.5. The van der Waals surface area contributed by atoms with E-state index >= 15 is 0 Å². The smallest absolute Gasteiger partial charge is 0.356 e. The summed E-state index contributed by atoms with van der Waals surface area (Å²) in [6, 6.07) is 20.6. The molecule has 4 aromatic rings. The lowest BCUT2D eigenvalue weighted by atomic mass is 9.81. The van der Waals surface area contributed by atoms with Crippen molar-refractivity contribution in [1.82, 2.24) is 9.97 Å². The first-order chi connectivity index (χ1) is 16.6. The number of para-hydroxylation sites is 1. The van der Waals surface area contributed by atoms with Gasteiger partial charge in [0.25, 0.3) is 5.89 Å². The van der Waals surface area contributed by atoms with Crippen LogP contribution in [0.3, 0.4) is 0 Å². The van der Waals surface area contributed by atoms with E-state index in [4.69, 9.17) is 13.9 Å². The number of carbonyl (C=O) groups excluding carboxylic acids is 2. The summed E-state index contributed by atoms with van der Waals surface area (Å²) in [5, 5.41) is 0. The molecule has 34 heavy (non-hydrogen) atoms. The van der Waals surface area contributed by atoms with Gasteiger partial charge in [0.1, 0.15) is 22.9 Å². The lowest BCUT2D eigenvalue weighted by Crippen LogP contribution is -2.23. The van der Waals surface area contributed by atoms with Crippen molar-refractivity contribution >= 4 is 11.8 Å². The summed E-state index contributed by atoms with van der Waals surface area (Å²) in [4.78, 5) is 33.3. The molecule has 0 fully saturated rings. The molecule has 2 aromatic carbocycles. The summed E-state index contributed by atoms with van der Waals surface area (Å²) in [5.74, 6) is 1.06. The lowest BCUT2D eigenvalue weighted by molar-refractivity contribution is 0.0594. The highest BCUT2D eigenvalue weighted by atomic mass is 16.5. The minimum atomic E-state index is -0.545. The third kappa shape index (κ3) is 4.45. The summed E-state index contributed by atoms with van der Waals surface area (Å²) in [6.45, 7) is 0. The standard InChI is InChI=1S/C27H22N2O5/c1-32-27(31)23-9-5-8-22(29-23)24-16-28-26(34-24)25(30)19-11-10-18-15-21(13-12-17(18)14-19)33-20-6-3-2-4-7-20/h2-9,12-13,15-16,19H,10-11,14H2,1H3/t19-/m1/s1. The van der Waals surface area contributed by atoms with Gasteiger partial charge in [0, 0.05) is 5.92 Å². The van der Waals surface area contributed by atoms with E-state index in [1.807, 2.05) is 48.5 Å². The Morgan fingerprint density at radius 3 is 2.65 bits per heavy atom. The van der Waals surface area contributed by atoms with Crippen molar-refractivity contribution in [3.63, 3.8) is 0 Å². The van der Waals surface area contributed by atoms with Crippen LogP contribution < -0.4 is 4.74 Å². The van der Waals surface area contributed by atoms with E-state index in [1.54, 1.807) is 18.2 Å². The normalized spacial score (nSPS) is 14.8. The average Bonchev–Trinajstić information content (AvgIpc) is 3.38. The molecular weight excluding hydrogens is 432 g/mol. The number of rotatable bonds is 6. The van der Waals surface area contributed by atoms with Gasteiger partial charge in [0.2, 0.25) is 5.78 Å². The number of aromatic nitrogens is 2. The molecule has 1 aliphatic rings. The van der Waals surface area contributed by atoms with Crippen LogP contribution in [-0.4, -0.2) is 28.8 Å². The molecule has 0 bridgehead atoms. The summed E-state index contributed by atoms with van der Waals surface area (Å²) < 4.78 is 16.4. The minimum absolute atomic E-state index is 0.0535. The molecule has 170 valence electrons. The first-order valence-corrected chi connectivity index (χ1v) is 11.0. The Kier molecular flexibility index (Phi) is 5.91. The van der Waals surface area contributed by atoms with Crippen LogP contribution in [0.1, 0.15) is 38.7 Å². The van der Waals surface area contributed by atoms with Crippen LogP contribution in [-0.2, 0) is 17.6 Å². The molecule has 1 atom stereocenters. The van der Waals surface area contributed by atoms with Gasteiger partial charge < -0.3 is 13.9 Å². The van der Waals surface area contributed by atoms with E-state index in [-0.39, 0.29) is 23.3 Å². The zero-order valence-electron chi connectivity index (χ0n) is 18.6. The second-order valence-corrected chi connectivity index (χ2v) is 8.08. The number of methoxy groups -OCH3 is 1. The fourth-order valence-electron chi connectivity index (χ4n) is 4.11. The molecule has 2 heterocycles. The Balaban J connectivity index is 1.29. The molecule has 2 aromatic heterocycles. The van der Waals surface area contributed by atoms with Crippen LogP contribution in [0, 0.1) is 5.92 Å². The predicted molar refractivity (Wildman–Crippen MR) is 124 cm³/mol. The Labute approximate surface area is 196 Å². The number of esters is 1. The summed E-state index contributed by atoms with van der Waals surface area (Å²) >= 11 is 0. The third-order valence-corrected chi connectivity index (χ3v) is 5.87. The van der Waals surface area contributed by atoms with Crippen molar-refractivity contribution < 1.29 is 23.5 Å². The van der Waals surface area contributed by atoms with Gasteiger partial charge in [-0.2, -0.15) is 0 Å².